The second kappa shape index (κ2) is 6.10. The number of hydrogen-bond donors (Lipinski definition) is 1. The zero-order chi connectivity index (χ0) is 13.1. The molecule has 18 heavy (non-hydrogen) atoms. The van der Waals surface area contributed by atoms with E-state index in [-0.39, 0.29) is 0 Å². The largest absolute Gasteiger partial charge is 0.399 e. The van der Waals surface area contributed by atoms with Gasteiger partial charge in [0.25, 0.3) is 0 Å². The topological polar surface area (TPSA) is 32.5 Å². The summed E-state index contributed by atoms with van der Waals surface area (Å²) in [5, 5.41) is 0. The highest BCUT2D eigenvalue weighted by Crippen LogP contribution is 2.28. The molecule has 1 aromatic rings. The second-order valence-corrected chi connectivity index (χ2v) is 6.15. The van der Waals surface area contributed by atoms with Crippen LogP contribution in [0.4, 0.5) is 11.4 Å². The zero-order valence-electron chi connectivity index (χ0n) is 11.2. The van der Waals surface area contributed by atoms with E-state index in [0.717, 1.165) is 5.69 Å². The Bertz CT molecular complexity index is 400. The maximum Gasteiger partial charge on any atom is 0.0503 e. The van der Waals surface area contributed by atoms with Crippen molar-refractivity contribution in [2.75, 3.05) is 37.3 Å². The molecule has 0 radical (unpaired) electrons. The van der Waals surface area contributed by atoms with Crippen LogP contribution in [-0.4, -0.2) is 37.6 Å². The summed E-state index contributed by atoms with van der Waals surface area (Å²) in [5.41, 5.74) is 7.96. The van der Waals surface area contributed by atoms with Gasteiger partial charge in [0.1, 0.15) is 0 Å². The Morgan fingerprint density at radius 2 is 2.06 bits per heavy atom. The average molecular weight is 359 g/mol. The van der Waals surface area contributed by atoms with Crippen molar-refractivity contribution in [1.82, 2.24) is 4.90 Å². The van der Waals surface area contributed by atoms with Gasteiger partial charge in [0, 0.05) is 35.4 Å². The van der Waals surface area contributed by atoms with Gasteiger partial charge in [0.15, 0.2) is 0 Å². The second-order valence-electron chi connectivity index (χ2n) is 4.99. The summed E-state index contributed by atoms with van der Waals surface area (Å²) in [4.78, 5) is 4.95. The molecular weight excluding hydrogens is 337 g/mol. The van der Waals surface area contributed by atoms with E-state index in [1.165, 1.54) is 41.7 Å². The lowest BCUT2D eigenvalue weighted by molar-refractivity contribution is 0.221. The molecule has 0 spiro atoms. The quantitative estimate of drug-likeness (QED) is 0.666. The van der Waals surface area contributed by atoms with Crippen LogP contribution in [0.15, 0.2) is 18.2 Å². The van der Waals surface area contributed by atoms with Gasteiger partial charge in [-0.1, -0.05) is 6.92 Å². The highest BCUT2D eigenvalue weighted by Gasteiger charge is 2.22. The third-order valence-electron chi connectivity index (χ3n) is 3.90. The van der Waals surface area contributed by atoms with Crippen molar-refractivity contribution >= 4 is 34.0 Å². The molecule has 4 heteroatoms. The smallest absolute Gasteiger partial charge is 0.0503 e. The highest BCUT2D eigenvalue weighted by molar-refractivity contribution is 14.1. The third kappa shape index (κ3) is 3.09. The van der Waals surface area contributed by atoms with E-state index in [1.54, 1.807) is 0 Å². The fraction of sp³-hybridized carbons (Fsp3) is 0.571. The number of anilines is 2. The lowest BCUT2D eigenvalue weighted by Gasteiger charge is -2.37. The van der Waals surface area contributed by atoms with Gasteiger partial charge in [-0.05, 0) is 60.2 Å². The Hall–Kier alpha value is -0.490. The molecule has 0 aromatic heterocycles. The minimum atomic E-state index is 0.657. The van der Waals surface area contributed by atoms with Crippen LogP contribution in [0.25, 0.3) is 0 Å². The van der Waals surface area contributed by atoms with Gasteiger partial charge in [0.2, 0.25) is 0 Å². The maximum atomic E-state index is 5.81. The SMILES string of the molecule is CCN1CCC(N(C)c2ccc(N)cc2I)CC1. The van der Waals surface area contributed by atoms with Gasteiger partial charge in [-0.25, -0.2) is 0 Å². The van der Waals surface area contributed by atoms with Crippen LogP contribution in [0.2, 0.25) is 0 Å². The Labute approximate surface area is 123 Å². The summed E-state index contributed by atoms with van der Waals surface area (Å²) in [5.74, 6) is 0. The maximum absolute atomic E-state index is 5.81. The Morgan fingerprint density at radius 1 is 1.39 bits per heavy atom. The molecule has 1 aromatic carbocycles. The van der Waals surface area contributed by atoms with Crippen molar-refractivity contribution in [2.45, 2.75) is 25.8 Å². The molecule has 0 amide bonds. The van der Waals surface area contributed by atoms with Crippen LogP contribution in [0.3, 0.4) is 0 Å². The minimum Gasteiger partial charge on any atom is -0.399 e. The first kappa shape index (κ1) is 13.9. The molecule has 0 unspecified atom stereocenters. The summed E-state index contributed by atoms with van der Waals surface area (Å²) >= 11 is 2.38. The van der Waals surface area contributed by atoms with Crippen LogP contribution in [-0.2, 0) is 0 Å². The van der Waals surface area contributed by atoms with Gasteiger partial charge in [-0.15, -0.1) is 0 Å². The molecule has 1 aliphatic heterocycles. The molecule has 0 bridgehead atoms. The number of nitrogens with two attached hydrogens (primary N) is 1. The van der Waals surface area contributed by atoms with E-state index in [0.29, 0.717) is 6.04 Å². The third-order valence-corrected chi connectivity index (χ3v) is 4.77. The fourth-order valence-electron chi connectivity index (χ4n) is 2.63. The molecule has 2 N–H and O–H groups in total. The Morgan fingerprint density at radius 3 is 2.61 bits per heavy atom. The van der Waals surface area contributed by atoms with Crippen molar-refractivity contribution < 1.29 is 0 Å². The highest BCUT2D eigenvalue weighted by atomic mass is 127. The van der Waals surface area contributed by atoms with Crippen LogP contribution in [0.1, 0.15) is 19.8 Å². The number of nitrogen functional groups attached to an aromatic ring is 1. The molecule has 3 nitrogen and oxygen atoms in total. The number of benzene rings is 1. The molecule has 0 saturated carbocycles. The molecule has 1 aliphatic rings. The summed E-state index contributed by atoms with van der Waals surface area (Å²) in [7, 11) is 2.21. The molecule has 1 heterocycles. The summed E-state index contributed by atoms with van der Waals surface area (Å²) in [6.45, 7) is 5.86. The minimum absolute atomic E-state index is 0.657. The molecule has 2 rings (SSSR count). The number of nitrogens with zero attached hydrogens (tertiary/aromatic N) is 2. The summed E-state index contributed by atoms with van der Waals surface area (Å²) < 4.78 is 1.24. The van der Waals surface area contributed by atoms with E-state index < -0.39 is 0 Å². The summed E-state index contributed by atoms with van der Waals surface area (Å²) in [6.07, 6.45) is 2.51. The van der Waals surface area contributed by atoms with Crippen molar-refractivity contribution in [3.63, 3.8) is 0 Å². The van der Waals surface area contributed by atoms with Crippen LogP contribution in [0, 0.1) is 3.57 Å². The lowest BCUT2D eigenvalue weighted by atomic mass is 10.0. The zero-order valence-corrected chi connectivity index (χ0v) is 13.4. The molecular formula is C14H22IN3. The van der Waals surface area contributed by atoms with Gasteiger partial charge < -0.3 is 15.5 Å². The number of piperidine rings is 1. The van der Waals surface area contributed by atoms with Crippen molar-refractivity contribution in [3.8, 4) is 0 Å². The van der Waals surface area contributed by atoms with Crippen molar-refractivity contribution in [2.24, 2.45) is 0 Å². The van der Waals surface area contributed by atoms with Crippen LogP contribution >= 0.6 is 22.6 Å². The first-order chi connectivity index (χ1) is 8.61. The Kier molecular flexibility index (Phi) is 4.72. The van der Waals surface area contributed by atoms with E-state index in [2.05, 4.69) is 52.4 Å². The predicted octanol–water partition coefficient (Wildman–Crippen LogP) is 2.79. The number of rotatable bonds is 3. The lowest BCUT2D eigenvalue weighted by Crippen LogP contribution is -2.43. The van der Waals surface area contributed by atoms with Crippen molar-refractivity contribution in [3.05, 3.63) is 21.8 Å². The molecule has 1 saturated heterocycles. The monoisotopic (exact) mass is 359 g/mol. The van der Waals surface area contributed by atoms with Crippen molar-refractivity contribution in [1.29, 1.82) is 0 Å². The number of likely N-dealkylation sites (tertiary alicyclic amines) is 1. The van der Waals surface area contributed by atoms with E-state index in [9.17, 15) is 0 Å². The Balaban J connectivity index is 2.05. The summed E-state index contributed by atoms with van der Waals surface area (Å²) in [6, 6.07) is 6.84. The predicted molar refractivity (Wildman–Crippen MR) is 87.1 cm³/mol. The molecule has 0 atom stereocenters. The van der Waals surface area contributed by atoms with Crippen LogP contribution < -0.4 is 10.6 Å². The number of hydrogen-bond acceptors (Lipinski definition) is 3. The fourth-order valence-corrected chi connectivity index (χ4v) is 3.55. The van der Waals surface area contributed by atoms with E-state index in [1.807, 2.05) is 12.1 Å². The molecule has 100 valence electrons. The molecule has 1 fully saturated rings. The first-order valence-electron chi connectivity index (χ1n) is 6.62. The van der Waals surface area contributed by atoms with Gasteiger partial charge >= 0.3 is 0 Å². The van der Waals surface area contributed by atoms with Gasteiger partial charge in [-0.3, -0.25) is 0 Å². The average Bonchev–Trinajstić information content (AvgIpc) is 2.38. The van der Waals surface area contributed by atoms with E-state index in [4.69, 9.17) is 5.73 Å². The van der Waals surface area contributed by atoms with E-state index >= 15 is 0 Å². The standard InChI is InChI=1S/C14H22IN3/c1-3-18-8-6-12(7-9-18)17(2)14-5-4-11(16)10-13(14)15/h4-5,10,12H,3,6-9,16H2,1-2H3. The first-order valence-corrected chi connectivity index (χ1v) is 7.70. The van der Waals surface area contributed by atoms with Gasteiger partial charge in [0.05, 0.1) is 5.69 Å². The van der Waals surface area contributed by atoms with Crippen LogP contribution in [0.5, 0.6) is 0 Å². The normalized spacial score (nSPS) is 17.9. The van der Waals surface area contributed by atoms with Gasteiger partial charge in [-0.2, -0.15) is 0 Å². The molecule has 0 aliphatic carbocycles. The number of halogens is 1.